The number of imidazole rings is 1. The highest BCUT2D eigenvalue weighted by molar-refractivity contribution is 6.00. The second-order valence-corrected chi connectivity index (χ2v) is 5.95. The number of H-pyrrole nitrogens is 1. The van der Waals surface area contributed by atoms with Gasteiger partial charge in [-0.3, -0.25) is 14.6 Å². The van der Waals surface area contributed by atoms with E-state index in [1.165, 1.54) is 10.9 Å². The number of benzene rings is 2. The molecule has 0 aliphatic carbocycles. The monoisotopic (exact) mass is 341 g/mol. The maximum absolute atomic E-state index is 4.79. The molecule has 0 aliphatic rings. The zero-order valence-electron chi connectivity index (χ0n) is 14.3. The predicted octanol–water partition coefficient (Wildman–Crippen LogP) is 4.22. The number of hydrogen-bond donors (Lipinski definition) is 1. The average molecular weight is 341 g/mol. The van der Waals surface area contributed by atoms with Gasteiger partial charge in [-0.15, -0.1) is 0 Å². The molecule has 0 spiro atoms. The maximum atomic E-state index is 4.79. The third-order valence-corrected chi connectivity index (χ3v) is 4.36. The van der Waals surface area contributed by atoms with Gasteiger partial charge in [-0.2, -0.15) is 0 Å². The summed E-state index contributed by atoms with van der Waals surface area (Å²) >= 11 is 0. The van der Waals surface area contributed by atoms with Crippen LogP contribution in [0.15, 0.2) is 83.3 Å². The molecular formula is C21H19N5. The van der Waals surface area contributed by atoms with Crippen LogP contribution >= 0.6 is 0 Å². The van der Waals surface area contributed by atoms with Crippen molar-refractivity contribution in [3.8, 4) is 0 Å². The van der Waals surface area contributed by atoms with Crippen LogP contribution in [-0.2, 0) is 6.42 Å². The molecule has 5 heteroatoms. The summed E-state index contributed by atoms with van der Waals surface area (Å²) in [5, 5.41) is 1.25. The van der Waals surface area contributed by atoms with E-state index in [0.29, 0.717) is 6.54 Å². The maximum Gasteiger partial charge on any atom is 0.134 e. The normalized spacial score (nSPS) is 12.4. The minimum absolute atomic E-state index is 0.672. The molecule has 0 radical (unpaired) electrons. The molecule has 1 N–H and O–H groups in total. The number of para-hydroxylation sites is 3. The van der Waals surface area contributed by atoms with E-state index < -0.39 is 0 Å². The van der Waals surface area contributed by atoms with Crippen LogP contribution in [0.25, 0.3) is 21.9 Å². The number of fused-ring (bicyclic) bond motifs is 2. The van der Waals surface area contributed by atoms with Gasteiger partial charge in [0.2, 0.25) is 0 Å². The number of hydrogen-bond acceptors (Lipinski definition) is 3. The molecule has 0 aliphatic heterocycles. The van der Waals surface area contributed by atoms with E-state index >= 15 is 0 Å². The van der Waals surface area contributed by atoms with Gasteiger partial charge in [0.1, 0.15) is 12.2 Å². The summed E-state index contributed by atoms with van der Waals surface area (Å²) in [7, 11) is 0. The number of nitrogens with zero attached hydrogens (tertiary/aromatic N) is 4. The van der Waals surface area contributed by atoms with Crippen LogP contribution in [0, 0.1) is 0 Å². The predicted molar refractivity (Wildman–Crippen MR) is 108 cm³/mol. The van der Waals surface area contributed by atoms with E-state index in [0.717, 1.165) is 28.8 Å². The number of aromatic nitrogens is 3. The van der Waals surface area contributed by atoms with Gasteiger partial charge < -0.3 is 4.98 Å². The Bertz CT molecular complexity index is 1110. The topological polar surface area (TPSA) is 58.3 Å². The second kappa shape index (κ2) is 7.19. The van der Waals surface area contributed by atoms with Gasteiger partial charge in [0.25, 0.3) is 0 Å². The lowest BCUT2D eigenvalue weighted by Gasteiger charge is -2.05. The van der Waals surface area contributed by atoms with E-state index in [1.807, 2.05) is 41.0 Å². The van der Waals surface area contributed by atoms with Crippen molar-refractivity contribution in [2.75, 3.05) is 6.54 Å². The van der Waals surface area contributed by atoms with E-state index in [1.54, 1.807) is 12.5 Å². The van der Waals surface area contributed by atoms with E-state index in [9.17, 15) is 0 Å². The molecule has 5 nitrogen and oxygen atoms in total. The van der Waals surface area contributed by atoms with Crippen LogP contribution in [0.5, 0.6) is 0 Å². The Labute approximate surface area is 151 Å². The first-order valence-corrected chi connectivity index (χ1v) is 8.51. The molecule has 26 heavy (non-hydrogen) atoms. The van der Waals surface area contributed by atoms with Crippen molar-refractivity contribution < 1.29 is 0 Å². The van der Waals surface area contributed by atoms with Crippen LogP contribution in [0.2, 0.25) is 0 Å². The van der Waals surface area contributed by atoms with Gasteiger partial charge in [-0.1, -0.05) is 30.3 Å². The molecule has 0 unspecified atom stereocenters. The molecule has 2 aromatic carbocycles. The first-order valence-electron chi connectivity index (χ1n) is 8.51. The summed E-state index contributed by atoms with van der Waals surface area (Å²) < 4.78 is 1.98. The first-order chi connectivity index (χ1) is 12.9. The van der Waals surface area contributed by atoms with Crippen LogP contribution < -0.4 is 0 Å². The minimum atomic E-state index is 0.672. The Kier molecular flexibility index (Phi) is 4.43. The van der Waals surface area contributed by atoms with Gasteiger partial charge in [0.05, 0.1) is 11.0 Å². The Balaban J connectivity index is 1.62. The first kappa shape index (κ1) is 16.0. The summed E-state index contributed by atoms with van der Waals surface area (Å²) in [5.74, 6) is 0.797. The largest absolute Gasteiger partial charge is 0.361 e. The molecule has 2 aromatic heterocycles. The van der Waals surface area contributed by atoms with Gasteiger partial charge >= 0.3 is 0 Å². The highest BCUT2D eigenvalue weighted by Crippen LogP contribution is 2.18. The Morgan fingerprint density at radius 3 is 2.92 bits per heavy atom. The van der Waals surface area contributed by atoms with Crippen molar-refractivity contribution in [2.45, 2.75) is 6.42 Å². The molecule has 0 amide bonds. The Morgan fingerprint density at radius 2 is 2.00 bits per heavy atom. The summed E-state index contributed by atoms with van der Waals surface area (Å²) in [4.78, 5) is 16.4. The molecule has 128 valence electrons. The molecule has 4 rings (SSSR count). The third-order valence-electron chi connectivity index (χ3n) is 4.36. The van der Waals surface area contributed by atoms with E-state index in [4.69, 9.17) is 4.99 Å². The SMILES string of the molecule is C=N/C=C\C(=NCCc1c[nH]c2ccccc12)n1cnc2ccccc21. The average Bonchev–Trinajstić information content (AvgIpc) is 3.29. The molecule has 0 bridgehead atoms. The van der Waals surface area contributed by atoms with Gasteiger partial charge in [0, 0.05) is 29.8 Å². The number of nitrogens with one attached hydrogen (secondary N) is 1. The highest BCUT2D eigenvalue weighted by atomic mass is 15.1. The fourth-order valence-corrected chi connectivity index (χ4v) is 3.10. The van der Waals surface area contributed by atoms with Crippen molar-refractivity contribution in [1.82, 2.24) is 14.5 Å². The number of rotatable bonds is 5. The summed E-state index contributed by atoms with van der Waals surface area (Å²) in [6.45, 7) is 4.18. The standard InChI is InChI=1S/C21H19N5/c1-22-12-11-21(26-15-25-19-8-4-5-9-20(19)26)23-13-10-16-14-24-18-7-3-2-6-17(16)18/h2-9,11-12,14-15,24H,1,10,13H2/b12-11-,23-21?. The van der Waals surface area contributed by atoms with E-state index in [-0.39, 0.29) is 0 Å². The van der Waals surface area contributed by atoms with Crippen LogP contribution in [0.1, 0.15) is 5.56 Å². The van der Waals surface area contributed by atoms with Crippen LogP contribution in [0.4, 0.5) is 0 Å². The molecule has 0 fully saturated rings. The third kappa shape index (κ3) is 3.07. The highest BCUT2D eigenvalue weighted by Gasteiger charge is 2.06. The van der Waals surface area contributed by atoms with Crippen LogP contribution in [0.3, 0.4) is 0 Å². The van der Waals surface area contributed by atoms with Gasteiger partial charge in [-0.25, -0.2) is 4.98 Å². The quantitative estimate of drug-likeness (QED) is 0.429. The molecule has 4 aromatic rings. The fraction of sp³-hybridized carbons (Fsp3) is 0.0952. The lowest BCUT2D eigenvalue weighted by Crippen LogP contribution is -2.09. The number of aliphatic imine (C=N–C) groups is 2. The van der Waals surface area contributed by atoms with Crippen LogP contribution in [-0.4, -0.2) is 33.6 Å². The van der Waals surface area contributed by atoms with Crippen molar-refractivity contribution in [3.63, 3.8) is 0 Å². The second-order valence-electron chi connectivity index (χ2n) is 5.95. The minimum Gasteiger partial charge on any atom is -0.361 e. The van der Waals surface area contributed by atoms with Crippen molar-refractivity contribution in [3.05, 3.63) is 78.9 Å². The smallest absolute Gasteiger partial charge is 0.134 e. The number of allylic oxidation sites excluding steroid dienone is 1. The molecule has 0 saturated heterocycles. The van der Waals surface area contributed by atoms with Crippen molar-refractivity contribution in [2.24, 2.45) is 9.98 Å². The number of aromatic amines is 1. The van der Waals surface area contributed by atoms with Crippen molar-refractivity contribution >= 4 is 34.5 Å². The molecule has 0 saturated carbocycles. The zero-order chi connectivity index (χ0) is 17.8. The van der Waals surface area contributed by atoms with Gasteiger partial charge in [-0.05, 0) is 43.0 Å². The Hall–Kier alpha value is -3.47. The molecule has 0 atom stereocenters. The summed E-state index contributed by atoms with van der Waals surface area (Å²) in [6, 6.07) is 16.3. The summed E-state index contributed by atoms with van der Waals surface area (Å²) in [5.41, 5.74) is 4.39. The summed E-state index contributed by atoms with van der Waals surface area (Å²) in [6.07, 6.45) is 8.22. The lowest BCUT2D eigenvalue weighted by molar-refractivity contribution is 0.961. The lowest BCUT2D eigenvalue weighted by atomic mass is 10.1. The Morgan fingerprint density at radius 1 is 1.15 bits per heavy atom. The molecule has 2 heterocycles. The van der Waals surface area contributed by atoms with Gasteiger partial charge in [0.15, 0.2) is 0 Å². The van der Waals surface area contributed by atoms with Crippen molar-refractivity contribution in [1.29, 1.82) is 0 Å². The zero-order valence-corrected chi connectivity index (χ0v) is 14.3. The fourth-order valence-electron chi connectivity index (χ4n) is 3.10. The molecular weight excluding hydrogens is 322 g/mol. The van der Waals surface area contributed by atoms with E-state index in [2.05, 4.69) is 46.1 Å².